The van der Waals surface area contributed by atoms with Crippen molar-refractivity contribution in [1.29, 1.82) is 0 Å². The van der Waals surface area contributed by atoms with Crippen LogP contribution in [0.1, 0.15) is 0 Å². The maximum atomic E-state index is 5.45. The van der Waals surface area contributed by atoms with E-state index in [9.17, 15) is 0 Å². The fourth-order valence-electron chi connectivity index (χ4n) is 22.8. The van der Waals surface area contributed by atoms with E-state index in [0.717, 1.165) is 149 Å². The topological polar surface area (TPSA) is 107 Å². The highest BCUT2D eigenvalue weighted by Gasteiger charge is 2.28. The van der Waals surface area contributed by atoms with Crippen LogP contribution in [-0.2, 0) is 0 Å². The van der Waals surface area contributed by atoms with Gasteiger partial charge in [0.2, 0.25) is 0 Å². The van der Waals surface area contributed by atoms with Crippen molar-refractivity contribution >= 4 is 226 Å². The van der Waals surface area contributed by atoms with E-state index in [4.69, 9.17) is 29.9 Å². The molecule has 0 unspecified atom stereocenters. The second-order valence-electron chi connectivity index (χ2n) is 37.5. The maximum absolute atomic E-state index is 5.45. The summed E-state index contributed by atoms with van der Waals surface area (Å²) in [4.78, 5) is 35.1. The predicted octanol–water partition coefficient (Wildman–Crippen LogP) is 35.5. The van der Waals surface area contributed by atoms with E-state index in [1.54, 1.807) is 34.0 Å². The molecule has 0 fully saturated rings. The summed E-state index contributed by atoms with van der Waals surface area (Å²) in [6.07, 6.45) is 0. The molecule has 0 saturated carbocycles. The van der Waals surface area contributed by atoms with Gasteiger partial charge in [-0.25, -0.2) is 29.9 Å². The lowest BCUT2D eigenvalue weighted by Crippen LogP contribution is -2.01. The first-order valence-electron chi connectivity index (χ1n) is 49.5. The molecule has 32 rings (SSSR count). The maximum Gasteiger partial charge on any atom is 0.163 e. The molecule has 0 bridgehead atoms. The van der Waals surface area contributed by atoms with Gasteiger partial charge in [0.25, 0.3) is 0 Å². The minimum atomic E-state index is 0.726. The fourth-order valence-corrected chi connectivity index (χ4v) is 26.1. The zero-order chi connectivity index (χ0) is 96.4. The minimum absolute atomic E-state index is 0.726. The van der Waals surface area contributed by atoms with Gasteiger partial charge in [-0.3, -0.25) is 4.57 Å². The third-order valence-electron chi connectivity index (χ3n) is 29.2. The summed E-state index contributed by atoms with van der Waals surface area (Å²) < 4.78 is 17.7. The molecule has 0 radical (unpaired) electrons. The first-order chi connectivity index (χ1) is 72.9. The summed E-state index contributed by atoms with van der Waals surface area (Å²) in [5.74, 6) is 3.10. The zero-order valence-corrected chi connectivity index (χ0v) is 81.2. The van der Waals surface area contributed by atoms with Crippen LogP contribution in [0.5, 0.6) is 0 Å². The van der Waals surface area contributed by atoms with Gasteiger partial charge >= 0.3 is 0 Å². The van der Waals surface area contributed by atoms with Crippen molar-refractivity contribution < 1.29 is 0 Å². The predicted molar refractivity (Wildman–Crippen MR) is 618 cm³/mol. The van der Waals surface area contributed by atoms with E-state index in [1.165, 1.54) is 134 Å². The van der Waals surface area contributed by atoms with Gasteiger partial charge in [-0.1, -0.05) is 291 Å². The monoisotopic (exact) mass is 1930 g/mol. The number of hydrogen-bond donors (Lipinski definition) is 0. The van der Waals surface area contributed by atoms with Gasteiger partial charge < -0.3 is 22.8 Å². The Hall–Kier alpha value is -18.9. The van der Waals surface area contributed by atoms with Crippen LogP contribution in [0.2, 0.25) is 0 Å². The molecule has 12 heterocycles. The number of hydrogen-bond acceptors (Lipinski definition) is 9. The number of nitrogens with zero attached hydrogens (tertiary/aromatic N) is 12. The van der Waals surface area contributed by atoms with E-state index in [2.05, 4.69) is 513 Å². The van der Waals surface area contributed by atoms with Crippen LogP contribution in [0.3, 0.4) is 0 Å². The van der Waals surface area contributed by atoms with E-state index in [0.29, 0.717) is 0 Å². The molecule has 0 aliphatic carbocycles. The van der Waals surface area contributed by atoms with Gasteiger partial charge in [0.05, 0.1) is 83.0 Å². The highest BCUT2D eigenvalue weighted by molar-refractivity contribution is 7.26. The summed E-state index contributed by atoms with van der Waals surface area (Å²) in [7, 11) is 0. The molecule has 0 amide bonds. The molecular formula is C132H80N12S3. The van der Waals surface area contributed by atoms with Crippen LogP contribution >= 0.6 is 34.0 Å². The minimum Gasteiger partial charge on any atom is -0.309 e. The van der Waals surface area contributed by atoms with Crippen LogP contribution in [0.15, 0.2) is 485 Å². The lowest BCUT2D eigenvalue weighted by atomic mass is 10.0. The molecule has 20 aromatic carbocycles. The third-order valence-corrected chi connectivity index (χ3v) is 32.4. The Labute approximate surface area is 852 Å². The number of benzene rings is 20. The SMILES string of the molecule is c1ccc(-n2c3ccccc3c3cc(-c4nc(-c5ccc6c(c5)c5ccccc5n6-c5ccccc5)c5c(n4)sc4ccccc45)ccc32)cc1.c1ccc(-n2c3ccccc3c3cc(-c4nc(-c5cccc(-n6c7ccccc7c7ccccc76)c5)c5c(n4)sc4ccccc45)ccc32)cc1.c1ccc(-n2c3ccccc3c3cc(-c4nc(-n5c6ccccc6c6ccccc65)c5c(n4)sc4ccccc45)ccc32)cc1. The van der Waals surface area contributed by atoms with Crippen molar-refractivity contribution in [3.05, 3.63) is 485 Å². The Morgan fingerprint density at radius 2 is 0.367 bits per heavy atom. The lowest BCUT2D eigenvalue weighted by Gasteiger charge is -2.12. The quantitative estimate of drug-likeness (QED) is 0.128. The second kappa shape index (κ2) is 33.9. The van der Waals surface area contributed by atoms with E-state index in [-0.39, 0.29) is 0 Å². The average molecular weight is 1930 g/mol. The van der Waals surface area contributed by atoms with Crippen molar-refractivity contribution in [3.8, 4) is 90.9 Å². The van der Waals surface area contributed by atoms with Crippen molar-refractivity contribution in [2.75, 3.05) is 0 Å². The molecule has 15 heteroatoms. The van der Waals surface area contributed by atoms with Gasteiger partial charge in [0.1, 0.15) is 14.5 Å². The lowest BCUT2D eigenvalue weighted by molar-refractivity contribution is 1.08. The van der Waals surface area contributed by atoms with Crippen molar-refractivity contribution in [2.45, 2.75) is 0 Å². The first kappa shape index (κ1) is 83.8. The summed E-state index contributed by atoms with van der Waals surface area (Å²) in [6.45, 7) is 0. The van der Waals surface area contributed by atoms with Gasteiger partial charge in [-0.2, -0.15) is 0 Å². The Morgan fingerprint density at radius 1 is 0.143 bits per heavy atom. The summed E-state index contributed by atoms with van der Waals surface area (Å²) >= 11 is 5.20. The van der Waals surface area contributed by atoms with Gasteiger partial charge in [0, 0.05) is 162 Å². The van der Waals surface area contributed by atoms with E-state index in [1.807, 2.05) is 0 Å². The Kier molecular flexibility index (Phi) is 19.3. The Morgan fingerprint density at radius 3 is 0.694 bits per heavy atom. The smallest absolute Gasteiger partial charge is 0.163 e. The van der Waals surface area contributed by atoms with Crippen LogP contribution in [-0.4, -0.2) is 57.3 Å². The standard InChI is InChI=1S/2C46H28N4S.C40H24N4S/c1-3-13-31(14-4-1)49-38-20-10-7-17-33(38)36-27-29(23-25-40(36)49)44-43-35-19-9-12-22-42(35)51-46(43)48-45(47-44)30-24-26-41-37(28-30)34-18-8-11-21-39(34)50(41)32-15-5-2-6-16-32;1-2-14-31(15-3-1)49-40-23-10-6-19-35(40)37-28-30(25-26-41(37)49)45-47-44(43-36-20-7-11-24-42(36)51-46(43)48-45)29-13-12-16-32(27-29)50-38-21-8-4-17-33(38)34-18-5-9-22-39(34)50;1-2-12-26(13-3-1)43-32-18-8-6-16-29(32)31-24-25(22-23-35(31)43)38-41-39(37-30-17-7-11-21-36(30)45-40(37)42-38)44-33-19-9-4-14-27(33)28-15-5-10-20-34(28)44/h2*1-28H;1-24H. The van der Waals surface area contributed by atoms with Crippen LogP contribution in [0.4, 0.5) is 0 Å². The van der Waals surface area contributed by atoms with E-state index >= 15 is 0 Å². The number of thiophene rings is 3. The fraction of sp³-hybridized carbons (Fsp3) is 0. The molecule has 0 atom stereocenters. The summed E-state index contributed by atoms with van der Waals surface area (Å²) in [5, 5.41) is 21.4. The van der Waals surface area contributed by atoms with Gasteiger partial charge in [-0.05, 0) is 194 Å². The zero-order valence-electron chi connectivity index (χ0n) is 78.8. The molecule has 0 aliphatic rings. The number of para-hydroxylation sites is 12. The third kappa shape index (κ3) is 13.5. The normalized spacial score (nSPS) is 11.9. The summed E-state index contributed by atoms with van der Waals surface area (Å²) in [6, 6.07) is 173. The first-order valence-corrected chi connectivity index (χ1v) is 51.9. The Bertz CT molecular complexity index is 10900. The number of rotatable bonds is 11. The summed E-state index contributed by atoms with van der Waals surface area (Å²) in [5.41, 5.74) is 26.8. The highest BCUT2D eigenvalue weighted by atomic mass is 32.1. The molecule has 686 valence electrons. The van der Waals surface area contributed by atoms with E-state index < -0.39 is 0 Å². The average Bonchev–Trinajstić information content (AvgIpc) is 1.58. The molecule has 0 aliphatic heterocycles. The molecule has 12 nitrogen and oxygen atoms in total. The highest BCUT2D eigenvalue weighted by Crippen LogP contribution is 2.49. The molecule has 0 saturated heterocycles. The molecule has 32 aromatic rings. The molecule has 0 N–H and O–H groups in total. The van der Waals surface area contributed by atoms with Crippen LogP contribution in [0, 0.1) is 0 Å². The van der Waals surface area contributed by atoms with Crippen LogP contribution in [0.25, 0.3) is 283 Å². The molecule has 12 aromatic heterocycles. The molecule has 147 heavy (non-hydrogen) atoms. The van der Waals surface area contributed by atoms with Gasteiger partial charge in [-0.15, -0.1) is 34.0 Å². The molecular weight excluding hydrogens is 1850 g/mol. The number of aromatic nitrogens is 12. The Balaban J connectivity index is 0.000000102. The van der Waals surface area contributed by atoms with Crippen molar-refractivity contribution in [1.82, 2.24) is 57.3 Å². The van der Waals surface area contributed by atoms with Gasteiger partial charge in [0.15, 0.2) is 23.3 Å². The largest absolute Gasteiger partial charge is 0.309 e. The molecule has 0 spiro atoms. The second-order valence-corrected chi connectivity index (χ2v) is 40.6. The van der Waals surface area contributed by atoms with Crippen molar-refractivity contribution in [3.63, 3.8) is 0 Å². The number of fused-ring (bicyclic) bond motifs is 27. The van der Waals surface area contributed by atoms with Crippen molar-refractivity contribution in [2.24, 2.45) is 0 Å². The van der Waals surface area contributed by atoms with Crippen LogP contribution < -0.4 is 0 Å².